The van der Waals surface area contributed by atoms with E-state index >= 15 is 0 Å². The molecule has 1 aliphatic carbocycles. The van der Waals surface area contributed by atoms with Crippen molar-refractivity contribution in [3.8, 4) is 28.5 Å². The topological polar surface area (TPSA) is 30.7 Å². The second-order valence-corrected chi connectivity index (χ2v) is 9.58. The summed E-state index contributed by atoms with van der Waals surface area (Å²) in [5.41, 5.74) is 10.1. The highest BCUT2D eigenvalue weighted by Gasteiger charge is 2.25. The van der Waals surface area contributed by atoms with Crippen molar-refractivity contribution >= 4 is 0 Å². The SMILES string of the molecule is Cc1cc(C)c(-n2c(-c3ccccc3)nnc2-c2ccccc2C2CCCCC2)c(C)c1C. The monoisotopic (exact) mass is 435 g/mol. The maximum absolute atomic E-state index is 4.84. The first-order valence-electron chi connectivity index (χ1n) is 12.2. The van der Waals surface area contributed by atoms with Gasteiger partial charge in [0, 0.05) is 11.1 Å². The van der Waals surface area contributed by atoms with E-state index in [1.54, 1.807) is 0 Å². The van der Waals surface area contributed by atoms with Gasteiger partial charge in [0.05, 0.1) is 5.69 Å². The third-order valence-corrected chi connectivity index (χ3v) is 7.48. The minimum absolute atomic E-state index is 0.599. The van der Waals surface area contributed by atoms with E-state index < -0.39 is 0 Å². The lowest BCUT2D eigenvalue weighted by Gasteiger charge is -2.25. The molecule has 4 aromatic rings. The second kappa shape index (κ2) is 8.97. The quantitative estimate of drug-likeness (QED) is 0.326. The van der Waals surface area contributed by atoms with Gasteiger partial charge in [-0.3, -0.25) is 4.57 Å². The van der Waals surface area contributed by atoms with Gasteiger partial charge in [-0.15, -0.1) is 10.2 Å². The van der Waals surface area contributed by atoms with Crippen LogP contribution in [0.15, 0.2) is 60.7 Å². The fraction of sp³-hybridized carbons (Fsp3) is 0.333. The van der Waals surface area contributed by atoms with Gasteiger partial charge in [0.15, 0.2) is 11.6 Å². The maximum atomic E-state index is 4.84. The number of rotatable bonds is 4. The summed E-state index contributed by atoms with van der Waals surface area (Å²) in [6.07, 6.45) is 6.51. The van der Waals surface area contributed by atoms with Gasteiger partial charge in [0.2, 0.25) is 0 Å². The van der Waals surface area contributed by atoms with Crippen molar-refractivity contribution in [1.29, 1.82) is 0 Å². The lowest BCUT2D eigenvalue weighted by Crippen LogP contribution is -2.10. The summed E-state index contributed by atoms with van der Waals surface area (Å²) in [4.78, 5) is 0. The Kier molecular flexibility index (Phi) is 5.88. The molecule has 33 heavy (non-hydrogen) atoms. The molecule has 5 rings (SSSR count). The zero-order valence-corrected chi connectivity index (χ0v) is 20.2. The van der Waals surface area contributed by atoms with Crippen molar-refractivity contribution in [1.82, 2.24) is 14.8 Å². The van der Waals surface area contributed by atoms with Crippen molar-refractivity contribution in [3.63, 3.8) is 0 Å². The van der Waals surface area contributed by atoms with Crippen LogP contribution in [-0.4, -0.2) is 14.8 Å². The standard InChI is InChI=1S/C30H33N3/c1-20-19-21(2)28(23(4)22(20)3)33-29(25-15-9-6-10-16-25)31-32-30(33)27-18-12-11-17-26(27)24-13-7-5-8-14-24/h6,9-12,15-19,24H,5,7-8,13-14H2,1-4H3. The Balaban J connectivity index is 1.79. The fourth-order valence-corrected chi connectivity index (χ4v) is 5.53. The molecular weight excluding hydrogens is 402 g/mol. The summed E-state index contributed by atoms with van der Waals surface area (Å²) in [6.45, 7) is 8.86. The fourth-order valence-electron chi connectivity index (χ4n) is 5.53. The van der Waals surface area contributed by atoms with E-state index in [4.69, 9.17) is 10.2 Å². The molecule has 0 unspecified atom stereocenters. The number of aromatic nitrogens is 3. The zero-order chi connectivity index (χ0) is 22.9. The molecule has 3 aromatic carbocycles. The van der Waals surface area contributed by atoms with Gasteiger partial charge in [0.1, 0.15) is 0 Å². The van der Waals surface area contributed by atoms with Crippen LogP contribution in [0.4, 0.5) is 0 Å². The van der Waals surface area contributed by atoms with E-state index in [2.05, 4.69) is 92.9 Å². The predicted molar refractivity (Wildman–Crippen MR) is 137 cm³/mol. The van der Waals surface area contributed by atoms with Crippen LogP contribution in [0.1, 0.15) is 65.8 Å². The van der Waals surface area contributed by atoms with E-state index in [-0.39, 0.29) is 0 Å². The number of aryl methyl sites for hydroxylation is 2. The molecule has 0 atom stereocenters. The Hall–Kier alpha value is -3.20. The summed E-state index contributed by atoms with van der Waals surface area (Å²) in [5, 5.41) is 9.61. The second-order valence-electron chi connectivity index (χ2n) is 9.58. The van der Waals surface area contributed by atoms with Crippen molar-refractivity contribution in [2.45, 2.75) is 65.7 Å². The average Bonchev–Trinajstić information content (AvgIpc) is 3.28. The summed E-state index contributed by atoms with van der Waals surface area (Å²) < 4.78 is 2.31. The van der Waals surface area contributed by atoms with Gasteiger partial charge in [-0.25, -0.2) is 0 Å². The third-order valence-electron chi connectivity index (χ3n) is 7.48. The first kappa shape index (κ1) is 21.6. The van der Waals surface area contributed by atoms with Gasteiger partial charge in [-0.1, -0.05) is 79.9 Å². The smallest absolute Gasteiger partial charge is 0.169 e. The number of hydrogen-bond acceptors (Lipinski definition) is 2. The molecule has 0 amide bonds. The molecule has 3 heteroatoms. The molecule has 168 valence electrons. The van der Waals surface area contributed by atoms with Crippen LogP contribution >= 0.6 is 0 Å². The first-order valence-corrected chi connectivity index (χ1v) is 12.2. The first-order chi connectivity index (χ1) is 16.1. The van der Waals surface area contributed by atoms with Gasteiger partial charge in [-0.2, -0.15) is 0 Å². The highest BCUT2D eigenvalue weighted by molar-refractivity contribution is 5.71. The molecule has 3 nitrogen and oxygen atoms in total. The van der Waals surface area contributed by atoms with Crippen LogP contribution < -0.4 is 0 Å². The van der Waals surface area contributed by atoms with E-state index in [0.29, 0.717) is 5.92 Å². The largest absolute Gasteiger partial charge is 0.274 e. The summed E-state index contributed by atoms with van der Waals surface area (Å²) in [7, 11) is 0. The van der Waals surface area contributed by atoms with Gasteiger partial charge < -0.3 is 0 Å². The third kappa shape index (κ3) is 3.90. The number of hydrogen-bond donors (Lipinski definition) is 0. The molecule has 0 aliphatic heterocycles. The number of nitrogens with zero attached hydrogens (tertiary/aromatic N) is 3. The van der Waals surface area contributed by atoms with Crippen LogP contribution in [0.2, 0.25) is 0 Å². The van der Waals surface area contributed by atoms with E-state index in [0.717, 1.165) is 17.2 Å². The van der Waals surface area contributed by atoms with E-state index in [1.807, 2.05) is 0 Å². The van der Waals surface area contributed by atoms with E-state index in [9.17, 15) is 0 Å². The molecule has 0 spiro atoms. The van der Waals surface area contributed by atoms with Gasteiger partial charge in [0.25, 0.3) is 0 Å². The molecule has 1 heterocycles. The van der Waals surface area contributed by atoms with Crippen LogP contribution in [0.5, 0.6) is 0 Å². The Morgan fingerprint density at radius 1 is 0.697 bits per heavy atom. The lowest BCUT2D eigenvalue weighted by molar-refractivity contribution is 0.444. The Morgan fingerprint density at radius 2 is 1.36 bits per heavy atom. The molecule has 0 N–H and O–H groups in total. The van der Waals surface area contributed by atoms with Gasteiger partial charge in [-0.05, 0) is 74.3 Å². The molecule has 1 aromatic heterocycles. The van der Waals surface area contributed by atoms with Gasteiger partial charge >= 0.3 is 0 Å². The number of benzene rings is 3. The van der Waals surface area contributed by atoms with Crippen molar-refractivity contribution in [2.24, 2.45) is 0 Å². The molecule has 1 fully saturated rings. The summed E-state index contributed by atoms with van der Waals surface area (Å²) >= 11 is 0. The Bertz CT molecular complexity index is 1280. The van der Waals surface area contributed by atoms with Crippen molar-refractivity contribution in [2.75, 3.05) is 0 Å². The van der Waals surface area contributed by atoms with Crippen LogP contribution in [-0.2, 0) is 0 Å². The lowest BCUT2D eigenvalue weighted by atomic mass is 9.82. The van der Waals surface area contributed by atoms with Crippen molar-refractivity contribution < 1.29 is 0 Å². The molecule has 1 saturated carbocycles. The van der Waals surface area contributed by atoms with Crippen LogP contribution in [0, 0.1) is 27.7 Å². The highest BCUT2D eigenvalue weighted by Crippen LogP contribution is 2.40. The normalized spacial score (nSPS) is 14.5. The molecule has 1 aliphatic rings. The van der Waals surface area contributed by atoms with E-state index in [1.165, 1.54) is 71.2 Å². The minimum Gasteiger partial charge on any atom is -0.274 e. The predicted octanol–water partition coefficient (Wildman–Crippen LogP) is 7.88. The van der Waals surface area contributed by atoms with Crippen LogP contribution in [0.3, 0.4) is 0 Å². The minimum atomic E-state index is 0.599. The maximum Gasteiger partial charge on any atom is 0.169 e. The van der Waals surface area contributed by atoms with Crippen molar-refractivity contribution in [3.05, 3.63) is 88.5 Å². The summed E-state index contributed by atoms with van der Waals surface area (Å²) in [6, 6.07) is 21.6. The molecule has 0 radical (unpaired) electrons. The molecule has 0 saturated heterocycles. The molecule has 0 bridgehead atoms. The summed E-state index contributed by atoms with van der Waals surface area (Å²) in [5.74, 6) is 2.45. The Labute approximate surface area is 197 Å². The Morgan fingerprint density at radius 3 is 2.12 bits per heavy atom. The highest BCUT2D eigenvalue weighted by atomic mass is 15.3. The average molecular weight is 436 g/mol. The zero-order valence-electron chi connectivity index (χ0n) is 20.2. The van der Waals surface area contributed by atoms with Crippen LogP contribution in [0.25, 0.3) is 28.5 Å². The molecular formula is C30H33N3.